The van der Waals surface area contributed by atoms with Crippen molar-refractivity contribution in [2.24, 2.45) is 0 Å². The zero-order valence-corrected chi connectivity index (χ0v) is 9.22. The molecule has 0 amide bonds. The molecule has 0 saturated heterocycles. The fraction of sp³-hybridized carbons (Fsp3) is 0.556. The molecule has 0 bridgehead atoms. The second-order valence-corrected chi connectivity index (χ2v) is 3.67. The van der Waals surface area contributed by atoms with Gasteiger partial charge in [-0.2, -0.15) is 0 Å². The van der Waals surface area contributed by atoms with Gasteiger partial charge in [-0.15, -0.1) is 0 Å². The lowest BCUT2D eigenvalue weighted by Gasteiger charge is -2.13. The molecule has 0 aromatic carbocycles. The van der Waals surface area contributed by atoms with Crippen molar-refractivity contribution >= 4 is 17.4 Å². The number of alkyl halides is 2. The zero-order chi connectivity index (χ0) is 11.4. The molecule has 0 radical (unpaired) electrons. The lowest BCUT2D eigenvalue weighted by molar-refractivity contribution is 0.133. The third-order valence-electron chi connectivity index (χ3n) is 1.75. The van der Waals surface area contributed by atoms with E-state index < -0.39 is 6.43 Å². The first-order chi connectivity index (χ1) is 6.97. The Hall–Kier alpha value is -0.970. The van der Waals surface area contributed by atoms with Crippen molar-refractivity contribution in [1.29, 1.82) is 0 Å². The van der Waals surface area contributed by atoms with Crippen LogP contribution < -0.4 is 5.32 Å². The Morgan fingerprint density at radius 2 is 2.13 bits per heavy atom. The molecule has 0 fully saturated rings. The number of nitrogens with zero attached hydrogens (tertiary/aromatic N) is 2. The maximum Gasteiger partial charge on any atom is 0.240 e. The predicted molar refractivity (Wildman–Crippen MR) is 55.5 cm³/mol. The van der Waals surface area contributed by atoms with E-state index in [0.29, 0.717) is 11.5 Å². The van der Waals surface area contributed by atoms with E-state index in [9.17, 15) is 8.78 Å². The smallest absolute Gasteiger partial charge is 0.240 e. The van der Waals surface area contributed by atoms with E-state index in [2.05, 4.69) is 15.3 Å². The van der Waals surface area contributed by atoms with Crippen LogP contribution in [-0.2, 0) is 0 Å². The summed E-state index contributed by atoms with van der Waals surface area (Å²) in [7, 11) is 0. The Kier molecular flexibility index (Phi) is 4.20. The van der Waals surface area contributed by atoms with E-state index in [1.54, 1.807) is 19.9 Å². The minimum absolute atomic E-state index is 0.113. The van der Waals surface area contributed by atoms with Crippen molar-refractivity contribution in [3.05, 3.63) is 17.0 Å². The van der Waals surface area contributed by atoms with Crippen LogP contribution in [0, 0.1) is 6.92 Å². The monoisotopic (exact) mass is 235 g/mol. The molecular formula is C9H12ClF2N3. The summed E-state index contributed by atoms with van der Waals surface area (Å²) in [5.74, 6) is 0.473. The molecule has 0 saturated carbocycles. The Morgan fingerprint density at radius 1 is 1.47 bits per heavy atom. The largest absolute Gasteiger partial charge is 0.367 e. The predicted octanol–water partition coefficient (Wildman–Crippen LogP) is 2.89. The summed E-state index contributed by atoms with van der Waals surface area (Å²) in [5.41, 5.74) is 0.696. The van der Waals surface area contributed by atoms with Crippen LogP contribution in [0.2, 0.25) is 5.28 Å². The summed E-state index contributed by atoms with van der Waals surface area (Å²) in [6.07, 6.45) is -2.55. The quantitative estimate of drug-likeness (QED) is 0.816. The average Bonchev–Trinajstić information content (AvgIpc) is 1.98. The Balaban J connectivity index is 2.63. The van der Waals surface area contributed by atoms with Crippen LogP contribution >= 0.6 is 11.6 Å². The second kappa shape index (κ2) is 5.21. The van der Waals surface area contributed by atoms with Crippen molar-refractivity contribution in [3.8, 4) is 0 Å². The van der Waals surface area contributed by atoms with Crippen LogP contribution in [0.25, 0.3) is 0 Å². The normalized spacial score (nSPS) is 12.9. The standard InChI is InChI=1S/C9H12ClF2N3/c1-5(3-7(11)12)13-8-4-6(2)14-9(10)15-8/h4-5,7H,3H2,1-2H3,(H,13,14,15). The highest BCUT2D eigenvalue weighted by Gasteiger charge is 2.11. The Morgan fingerprint density at radius 3 is 2.67 bits per heavy atom. The summed E-state index contributed by atoms with van der Waals surface area (Å²) in [6.45, 7) is 3.42. The molecule has 15 heavy (non-hydrogen) atoms. The SMILES string of the molecule is Cc1cc(NC(C)CC(F)F)nc(Cl)n1. The lowest BCUT2D eigenvalue weighted by atomic mass is 10.2. The molecule has 1 heterocycles. The molecule has 1 aromatic heterocycles. The van der Waals surface area contributed by atoms with Crippen LogP contribution in [0.3, 0.4) is 0 Å². The fourth-order valence-corrected chi connectivity index (χ4v) is 1.41. The van der Waals surface area contributed by atoms with E-state index in [1.807, 2.05) is 0 Å². The maximum atomic E-state index is 12.0. The van der Waals surface area contributed by atoms with Crippen LogP contribution in [0.15, 0.2) is 6.07 Å². The van der Waals surface area contributed by atoms with Crippen molar-refractivity contribution < 1.29 is 8.78 Å². The number of halogens is 3. The average molecular weight is 236 g/mol. The van der Waals surface area contributed by atoms with Gasteiger partial charge in [0.2, 0.25) is 11.7 Å². The van der Waals surface area contributed by atoms with Gasteiger partial charge in [-0.3, -0.25) is 0 Å². The van der Waals surface area contributed by atoms with E-state index in [4.69, 9.17) is 11.6 Å². The summed E-state index contributed by atoms with van der Waals surface area (Å²) < 4.78 is 24.1. The van der Waals surface area contributed by atoms with Gasteiger partial charge in [0.05, 0.1) is 0 Å². The minimum atomic E-state index is -2.33. The van der Waals surface area contributed by atoms with Crippen molar-refractivity contribution in [2.75, 3.05) is 5.32 Å². The van der Waals surface area contributed by atoms with Gasteiger partial charge >= 0.3 is 0 Å². The molecule has 1 aromatic rings. The van der Waals surface area contributed by atoms with Crippen molar-refractivity contribution in [1.82, 2.24) is 9.97 Å². The summed E-state index contributed by atoms with van der Waals surface area (Å²) >= 11 is 5.63. The number of hydrogen-bond acceptors (Lipinski definition) is 3. The molecule has 84 valence electrons. The number of aromatic nitrogens is 2. The van der Waals surface area contributed by atoms with Gasteiger partial charge in [-0.25, -0.2) is 18.7 Å². The number of nitrogens with one attached hydrogen (secondary N) is 1. The van der Waals surface area contributed by atoms with E-state index >= 15 is 0 Å². The van der Waals surface area contributed by atoms with Crippen LogP contribution in [0.5, 0.6) is 0 Å². The van der Waals surface area contributed by atoms with Crippen LogP contribution in [-0.4, -0.2) is 22.4 Å². The van der Waals surface area contributed by atoms with Gasteiger partial charge in [-0.05, 0) is 25.4 Å². The molecule has 3 nitrogen and oxygen atoms in total. The first kappa shape index (κ1) is 12.1. The van der Waals surface area contributed by atoms with Gasteiger partial charge < -0.3 is 5.32 Å². The molecule has 0 aliphatic carbocycles. The molecule has 0 spiro atoms. The number of rotatable bonds is 4. The maximum absolute atomic E-state index is 12.0. The highest BCUT2D eigenvalue weighted by Crippen LogP contribution is 2.13. The Bertz CT molecular complexity index is 313. The third-order valence-corrected chi connectivity index (χ3v) is 1.92. The lowest BCUT2D eigenvalue weighted by Crippen LogP contribution is -2.19. The Labute approximate surface area is 91.9 Å². The van der Waals surface area contributed by atoms with Crippen LogP contribution in [0.4, 0.5) is 14.6 Å². The first-order valence-corrected chi connectivity index (χ1v) is 4.91. The molecule has 1 atom stereocenters. The molecule has 0 aliphatic heterocycles. The van der Waals surface area contributed by atoms with Gasteiger partial charge in [0, 0.05) is 24.2 Å². The topological polar surface area (TPSA) is 37.8 Å². The first-order valence-electron chi connectivity index (χ1n) is 4.53. The number of anilines is 1. The third kappa shape index (κ3) is 4.38. The van der Waals surface area contributed by atoms with Gasteiger partial charge in [0.25, 0.3) is 0 Å². The van der Waals surface area contributed by atoms with Gasteiger partial charge in [0.15, 0.2) is 0 Å². The van der Waals surface area contributed by atoms with E-state index in [0.717, 1.165) is 0 Å². The summed E-state index contributed by atoms with van der Waals surface area (Å²) in [6, 6.07) is 1.31. The molecule has 6 heteroatoms. The zero-order valence-electron chi connectivity index (χ0n) is 8.47. The summed E-state index contributed by atoms with van der Waals surface area (Å²) in [5, 5.41) is 2.95. The molecular weight excluding hydrogens is 224 g/mol. The van der Waals surface area contributed by atoms with Gasteiger partial charge in [0.1, 0.15) is 5.82 Å². The highest BCUT2D eigenvalue weighted by molar-refractivity contribution is 6.28. The number of aryl methyl sites for hydroxylation is 1. The minimum Gasteiger partial charge on any atom is -0.367 e. The summed E-state index contributed by atoms with van der Waals surface area (Å²) in [4.78, 5) is 7.75. The molecule has 1 N–H and O–H groups in total. The van der Waals surface area contributed by atoms with Crippen molar-refractivity contribution in [3.63, 3.8) is 0 Å². The highest BCUT2D eigenvalue weighted by atomic mass is 35.5. The second-order valence-electron chi connectivity index (χ2n) is 3.34. The van der Waals surface area contributed by atoms with Gasteiger partial charge in [-0.1, -0.05) is 0 Å². The fourth-order valence-electron chi connectivity index (χ4n) is 1.18. The van der Waals surface area contributed by atoms with Crippen LogP contribution in [0.1, 0.15) is 19.0 Å². The molecule has 1 rings (SSSR count). The number of hydrogen-bond donors (Lipinski definition) is 1. The van der Waals surface area contributed by atoms with E-state index in [-0.39, 0.29) is 17.7 Å². The van der Waals surface area contributed by atoms with E-state index in [1.165, 1.54) is 0 Å². The molecule has 1 unspecified atom stereocenters. The molecule has 0 aliphatic rings. The van der Waals surface area contributed by atoms with Crippen molar-refractivity contribution in [2.45, 2.75) is 32.7 Å².